The van der Waals surface area contributed by atoms with E-state index in [2.05, 4.69) is 9.97 Å². The Morgan fingerprint density at radius 3 is 2.80 bits per heavy atom. The molecule has 0 spiro atoms. The second-order valence-corrected chi connectivity index (χ2v) is 6.46. The Balaban J connectivity index is 1.58. The zero-order valence-electron chi connectivity index (χ0n) is 13.5. The number of carbonyl (C=O) groups excluding carboxylic acids is 1. The van der Waals surface area contributed by atoms with Crippen molar-refractivity contribution in [3.05, 3.63) is 77.5 Å². The number of likely N-dealkylation sites (tertiary alicyclic amines) is 1. The minimum absolute atomic E-state index is 0.00731. The first-order valence-corrected chi connectivity index (χ1v) is 8.61. The summed E-state index contributed by atoms with van der Waals surface area (Å²) in [6.07, 6.45) is 8.71. The van der Waals surface area contributed by atoms with Crippen molar-refractivity contribution in [1.82, 2.24) is 19.4 Å². The topological polar surface area (TPSA) is 51.0 Å². The number of halogens is 1. The molecule has 4 rings (SSSR count). The van der Waals surface area contributed by atoms with Crippen molar-refractivity contribution in [2.45, 2.75) is 18.9 Å². The number of amides is 1. The Hall–Kier alpha value is -2.66. The summed E-state index contributed by atoms with van der Waals surface area (Å²) in [5.74, 6) is 0.727. The van der Waals surface area contributed by atoms with Crippen molar-refractivity contribution >= 4 is 17.5 Å². The number of rotatable bonds is 3. The van der Waals surface area contributed by atoms with Gasteiger partial charge in [-0.05, 0) is 36.6 Å². The van der Waals surface area contributed by atoms with Crippen molar-refractivity contribution in [3.63, 3.8) is 0 Å². The maximum atomic E-state index is 13.0. The minimum atomic E-state index is -0.00731. The molecule has 5 nitrogen and oxygen atoms in total. The van der Waals surface area contributed by atoms with Gasteiger partial charge < -0.3 is 4.90 Å². The van der Waals surface area contributed by atoms with Gasteiger partial charge in [-0.15, -0.1) is 0 Å². The van der Waals surface area contributed by atoms with Crippen LogP contribution >= 0.6 is 11.6 Å². The Bertz CT molecular complexity index is 877. The monoisotopic (exact) mass is 352 g/mol. The summed E-state index contributed by atoms with van der Waals surface area (Å²) in [6, 6.07) is 11.4. The molecule has 0 N–H and O–H groups in total. The highest BCUT2D eigenvalue weighted by Crippen LogP contribution is 2.36. The van der Waals surface area contributed by atoms with Gasteiger partial charge in [-0.3, -0.25) is 9.36 Å². The molecule has 0 aliphatic carbocycles. The predicted molar refractivity (Wildman–Crippen MR) is 95.8 cm³/mol. The van der Waals surface area contributed by atoms with Gasteiger partial charge in [-0.25, -0.2) is 9.97 Å². The lowest BCUT2D eigenvalue weighted by Gasteiger charge is -2.26. The van der Waals surface area contributed by atoms with Crippen molar-refractivity contribution in [3.8, 4) is 5.82 Å². The summed E-state index contributed by atoms with van der Waals surface area (Å²) < 4.78 is 1.80. The molecule has 1 saturated heterocycles. The van der Waals surface area contributed by atoms with E-state index in [4.69, 9.17) is 11.6 Å². The molecule has 126 valence electrons. The van der Waals surface area contributed by atoms with Crippen molar-refractivity contribution in [2.75, 3.05) is 6.54 Å². The highest BCUT2D eigenvalue weighted by atomic mass is 35.5. The standard InChI is InChI=1S/C19H17ClN4O/c20-16-5-2-1-4-15(16)17-6-3-10-24(17)19(25)14-7-8-18(22-12-14)23-11-9-21-13-23/h1-2,4-5,7-9,11-13,17H,3,6,10H2/t17-/m1/s1. The van der Waals surface area contributed by atoms with Crippen molar-refractivity contribution in [1.29, 1.82) is 0 Å². The van der Waals surface area contributed by atoms with E-state index in [1.54, 1.807) is 23.3 Å². The van der Waals surface area contributed by atoms with Crippen LogP contribution < -0.4 is 0 Å². The number of imidazole rings is 1. The van der Waals surface area contributed by atoms with E-state index in [9.17, 15) is 4.79 Å². The average Bonchev–Trinajstić information content (AvgIpc) is 3.34. The molecule has 1 atom stereocenters. The summed E-state index contributed by atoms with van der Waals surface area (Å²) >= 11 is 6.34. The van der Waals surface area contributed by atoms with E-state index in [0.29, 0.717) is 10.6 Å². The van der Waals surface area contributed by atoms with E-state index in [0.717, 1.165) is 30.8 Å². The van der Waals surface area contributed by atoms with Gasteiger partial charge in [0.2, 0.25) is 0 Å². The maximum absolute atomic E-state index is 13.0. The molecular formula is C19H17ClN4O. The average molecular weight is 353 g/mol. The fourth-order valence-electron chi connectivity index (χ4n) is 3.30. The number of benzene rings is 1. The van der Waals surface area contributed by atoms with Crippen LogP contribution in [0.3, 0.4) is 0 Å². The van der Waals surface area contributed by atoms with Crippen LogP contribution in [0.1, 0.15) is 34.8 Å². The van der Waals surface area contributed by atoms with E-state index < -0.39 is 0 Å². The molecule has 6 heteroatoms. The molecule has 1 aliphatic heterocycles. The van der Waals surface area contributed by atoms with Crippen LogP contribution in [0.25, 0.3) is 5.82 Å². The highest BCUT2D eigenvalue weighted by molar-refractivity contribution is 6.31. The summed E-state index contributed by atoms with van der Waals surface area (Å²) in [7, 11) is 0. The van der Waals surface area contributed by atoms with Crippen molar-refractivity contribution in [2.24, 2.45) is 0 Å². The molecule has 3 heterocycles. The predicted octanol–water partition coefficient (Wildman–Crippen LogP) is 3.90. The van der Waals surface area contributed by atoms with Crippen LogP contribution in [0.5, 0.6) is 0 Å². The molecule has 1 aliphatic rings. The lowest BCUT2D eigenvalue weighted by Crippen LogP contribution is -2.30. The van der Waals surface area contributed by atoms with Crippen LogP contribution in [0.15, 0.2) is 61.3 Å². The molecule has 0 bridgehead atoms. The second kappa shape index (κ2) is 6.69. The first-order valence-electron chi connectivity index (χ1n) is 8.24. The number of aromatic nitrogens is 3. The lowest BCUT2D eigenvalue weighted by atomic mass is 10.0. The van der Waals surface area contributed by atoms with Crippen LogP contribution in [-0.4, -0.2) is 31.9 Å². The zero-order valence-corrected chi connectivity index (χ0v) is 14.3. The van der Waals surface area contributed by atoms with Gasteiger partial charge in [0.25, 0.3) is 5.91 Å². The fourth-order valence-corrected chi connectivity index (χ4v) is 3.57. The number of pyridine rings is 1. The van der Waals surface area contributed by atoms with Crippen LogP contribution in [-0.2, 0) is 0 Å². The first kappa shape index (κ1) is 15.8. The third-order valence-corrected chi connectivity index (χ3v) is 4.89. The van der Waals surface area contributed by atoms with Crippen LogP contribution in [0.2, 0.25) is 5.02 Å². The second-order valence-electron chi connectivity index (χ2n) is 6.05. The van der Waals surface area contributed by atoms with Gasteiger partial charge in [0.1, 0.15) is 12.1 Å². The lowest BCUT2D eigenvalue weighted by molar-refractivity contribution is 0.0735. The van der Waals surface area contributed by atoms with E-state index in [-0.39, 0.29) is 11.9 Å². The molecule has 2 aromatic heterocycles. The van der Waals surface area contributed by atoms with Gasteiger partial charge in [-0.2, -0.15) is 0 Å². The Morgan fingerprint density at radius 1 is 1.20 bits per heavy atom. The van der Waals surface area contributed by atoms with E-state index in [1.807, 2.05) is 47.5 Å². The van der Waals surface area contributed by atoms with E-state index >= 15 is 0 Å². The number of hydrogen-bond donors (Lipinski definition) is 0. The van der Waals surface area contributed by atoms with Crippen LogP contribution in [0, 0.1) is 0 Å². The normalized spacial score (nSPS) is 17.0. The number of nitrogens with zero attached hydrogens (tertiary/aromatic N) is 4. The summed E-state index contributed by atoms with van der Waals surface area (Å²) in [6.45, 7) is 0.734. The largest absolute Gasteiger partial charge is 0.332 e. The molecule has 3 aromatic rings. The van der Waals surface area contributed by atoms with Gasteiger partial charge in [0, 0.05) is 30.2 Å². The van der Waals surface area contributed by atoms with Crippen LogP contribution in [0.4, 0.5) is 0 Å². The van der Waals surface area contributed by atoms with Crippen molar-refractivity contribution < 1.29 is 4.79 Å². The smallest absolute Gasteiger partial charge is 0.255 e. The zero-order chi connectivity index (χ0) is 17.2. The molecule has 0 unspecified atom stereocenters. The van der Waals surface area contributed by atoms with E-state index in [1.165, 1.54) is 0 Å². The van der Waals surface area contributed by atoms with Gasteiger partial charge in [0.05, 0.1) is 11.6 Å². The minimum Gasteiger partial charge on any atom is -0.332 e. The van der Waals surface area contributed by atoms with Gasteiger partial charge in [0.15, 0.2) is 0 Å². The van der Waals surface area contributed by atoms with Gasteiger partial charge in [-0.1, -0.05) is 29.8 Å². The number of hydrogen-bond acceptors (Lipinski definition) is 3. The SMILES string of the molecule is O=C(c1ccc(-n2ccnc2)nc1)N1CCC[C@@H]1c1ccccc1Cl. The molecule has 1 amide bonds. The molecule has 1 aromatic carbocycles. The summed E-state index contributed by atoms with van der Waals surface area (Å²) in [5, 5.41) is 0.709. The summed E-state index contributed by atoms with van der Waals surface area (Å²) in [4.78, 5) is 23.2. The Kier molecular flexibility index (Phi) is 4.24. The molecule has 25 heavy (non-hydrogen) atoms. The first-order chi connectivity index (χ1) is 12.2. The fraction of sp³-hybridized carbons (Fsp3) is 0.211. The summed E-state index contributed by atoms with van der Waals surface area (Å²) in [5.41, 5.74) is 1.60. The Labute approximate surface area is 150 Å². The quantitative estimate of drug-likeness (QED) is 0.718. The third-order valence-electron chi connectivity index (χ3n) is 4.54. The number of carbonyl (C=O) groups is 1. The molecule has 0 radical (unpaired) electrons. The van der Waals surface area contributed by atoms with Gasteiger partial charge >= 0.3 is 0 Å². The maximum Gasteiger partial charge on any atom is 0.255 e. The molecule has 0 saturated carbocycles. The molecular weight excluding hydrogens is 336 g/mol. The Morgan fingerprint density at radius 2 is 2.08 bits per heavy atom. The highest BCUT2D eigenvalue weighted by Gasteiger charge is 2.31. The molecule has 1 fully saturated rings. The third kappa shape index (κ3) is 3.03.